The van der Waals surface area contributed by atoms with E-state index in [1.165, 1.54) is 0 Å². The van der Waals surface area contributed by atoms with Crippen molar-refractivity contribution >= 4 is 34.8 Å². The van der Waals surface area contributed by atoms with Gasteiger partial charge in [-0.2, -0.15) is 0 Å². The summed E-state index contributed by atoms with van der Waals surface area (Å²) in [7, 11) is 0. The molecule has 112 valence electrons. The average Bonchev–Trinajstić information content (AvgIpc) is 2.97. The van der Waals surface area contributed by atoms with Crippen LogP contribution in [0, 0.1) is 0 Å². The van der Waals surface area contributed by atoms with Crippen molar-refractivity contribution in [2.75, 3.05) is 0 Å². The second kappa shape index (κ2) is 6.57. The Bertz CT molecular complexity index is 805. The molecule has 0 N–H and O–H groups in total. The zero-order chi connectivity index (χ0) is 15.5. The number of benzene rings is 2. The van der Waals surface area contributed by atoms with Crippen molar-refractivity contribution in [2.45, 2.75) is 6.61 Å². The van der Waals surface area contributed by atoms with Gasteiger partial charge in [-0.3, -0.25) is 0 Å². The Morgan fingerprint density at radius 3 is 2.59 bits per heavy atom. The van der Waals surface area contributed by atoms with Gasteiger partial charge in [0.15, 0.2) is 6.61 Å². The first-order valence-electron chi connectivity index (χ1n) is 6.28. The number of halogens is 3. The molecule has 7 heteroatoms. The molecular formula is C15H9Cl3N2O2. The molecule has 4 nitrogen and oxygen atoms in total. The molecule has 0 aliphatic carbocycles. The molecule has 0 amide bonds. The second-order valence-electron chi connectivity index (χ2n) is 4.34. The fourth-order valence-electron chi connectivity index (χ4n) is 1.78. The van der Waals surface area contributed by atoms with Gasteiger partial charge in [0.2, 0.25) is 5.89 Å². The zero-order valence-corrected chi connectivity index (χ0v) is 13.4. The molecule has 0 spiro atoms. The maximum Gasteiger partial charge on any atom is 0.254 e. The Labute approximate surface area is 141 Å². The lowest BCUT2D eigenvalue weighted by atomic mass is 10.2. The maximum absolute atomic E-state index is 6.09. The number of hydrogen-bond acceptors (Lipinski definition) is 4. The van der Waals surface area contributed by atoms with E-state index in [9.17, 15) is 0 Å². The summed E-state index contributed by atoms with van der Waals surface area (Å²) in [6, 6.07) is 12.2. The van der Waals surface area contributed by atoms with Crippen molar-refractivity contribution in [2.24, 2.45) is 0 Å². The van der Waals surface area contributed by atoms with Crippen LogP contribution in [-0.4, -0.2) is 10.2 Å². The standard InChI is InChI=1S/C15H9Cl3N2O2/c16-9-5-6-12(18)13(7-9)21-8-14-19-20-15(22-14)10-3-1-2-4-11(10)17/h1-7H,8H2. The third-order valence-electron chi connectivity index (χ3n) is 2.82. The minimum Gasteiger partial charge on any atom is -0.482 e. The molecule has 2 aromatic carbocycles. The highest BCUT2D eigenvalue weighted by Crippen LogP contribution is 2.29. The summed E-state index contributed by atoms with van der Waals surface area (Å²) in [5.41, 5.74) is 0.670. The minimum atomic E-state index is 0.0809. The quantitative estimate of drug-likeness (QED) is 0.639. The van der Waals surface area contributed by atoms with Gasteiger partial charge < -0.3 is 9.15 Å². The van der Waals surface area contributed by atoms with Crippen LogP contribution in [0.4, 0.5) is 0 Å². The molecule has 0 bridgehead atoms. The fourth-order valence-corrected chi connectivity index (χ4v) is 2.33. The van der Waals surface area contributed by atoms with E-state index in [0.717, 1.165) is 0 Å². The lowest BCUT2D eigenvalue weighted by molar-refractivity contribution is 0.264. The summed E-state index contributed by atoms with van der Waals surface area (Å²) >= 11 is 18.0. The van der Waals surface area contributed by atoms with Gasteiger partial charge in [-0.1, -0.05) is 46.9 Å². The van der Waals surface area contributed by atoms with E-state index >= 15 is 0 Å². The van der Waals surface area contributed by atoms with E-state index in [4.69, 9.17) is 44.0 Å². The Hall–Kier alpha value is -1.75. The summed E-state index contributed by atoms with van der Waals surface area (Å²) in [5, 5.41) is 9.41. The summed E-state index contributed by atoms with van der Waals surface area (Å²) in [6.45, 7) is 0.0809. The third kappa shape index (κ3) is 3.35. The van der Waals surface area contributed by atoms with Crippen molar-refractivity contribution in [1.29, 1.82) is 0 Å². The summed E-state index contributed by atoms with van der Waals surface area (Å²) in [4.78, 5) is 0. The zero-order valence-electron chi connectivity index (χ0n) is 11.1. The number of hydrogen-bond donors (Lipinski definition) is 0. The smallest absolute Gasteiger partial charge is 0.254 e. The molecular weight excluding hydrogens is 347 g/mol. The number of aromatic nitrogens is 2. The molecule has 0 saturated carbocycles. The molecule has 0 radical (unpaired) electrons. The van der Waals surface area contributed by atoms with Crippen molar-refractivity contribution in [1.82, 2.24) is 10.2 Å². The molecule has 3 aromatic rings. The highest BCUT2D eigenvalue weighted by molar-refractivity contribution is 6.34. The summed E-state index contributed by atoms with van der Waals surface area (Å²) in [5.74, 6) is 1.10. The van der Waals surface area contributed by atoms with Gasteiger partial charge in [0.1, 0.15) is 5.75 Å². The molecule has 0 atom stereocenters. The van der Waals surface area contributed by atoms with Gasteiger partial charge in [0.05, 0.1) is 15.6 Å². The SMILES string of the molecule is Clc1ccc(Cl)c(OCc2nnc(-c3ccccc3Cl)o2)c1. The van der Waals surface area contributed by atoms with Crippen LogP contribution in [0.15, 0.2) is 46.9 Å². The topological polar surface area (TPSA) is 48.2 Å². The predicted molar refractivity (Wildman–Crippen MR) is 85.5 cm³/mol. The Morgan fingerprint density at radius 2 is 1.77 bits per heavy atom. The summed E-state index contributed by atoms with van der Waals surface area (Å²) in [6.07, 6.45) is 0. The van der Waals surface area contributed by atoms with Gasteiger partial charge in [-0.25, -0.2) is 0 Å². The molecule has 3 rings (SSSR count). The van der Waals surface area contributed by atoms with Crippen LogP contribution in [0.25, 0.3) is 11.5 Å². The molecule has 0 unspecified atom stereocenters. The Morgan fingerprint density at radius 1 is 0.955 bits per heavy atom. The highest BCUT2D eigenvalue weighted by atomic mass is 35.5. The van der Waals surface area contributed by atoms with Crippen LogP contribution in [-0.2, 0) is 6.61 Å². The van der Waals surface area contributed by atoms with Crippen molar-refractivity contribution in [3.63, 3.8) is 0 Å². The first-order chi connectivity index (χ1) is 10.6. The van der Waals surface area contributed by atoms with Crippen LogP contribution in [0.2, 0.25) is 15.1 Å². The van der Waals surface area contributed by atoms with E-state index in [1.807, 2.05) is 12.1 Å². The normalized spacial score (nSPS) is 10.7. The largest absolute Gasteiger partial charge is 0.482 e. The van der Waals surface area contributed by atoms with Crippen molar-refractivity contribution in [3.8, 4) is 17.2 Å². The molecule has 0 fully saturated rings. The van der Waals surface area contributed by atoms with Gasteiger partial charge in [-0.15, -0.1) is 10.2 Å². The monoisotopic (exact) mass is 354 g/mol. The van der Waals surface area contributed by atoms with Crippen LogP contribution in [0.5, 0.6) is 5.75 Å². The highest BCUT2D eigenvalue weighted by Gasteiger charge is 2.12. The first kappa shape index (κ1) is 15.2. The Balaban J connectivity index is 1.75. The minimum absolute atomic E-state index is 0.0809. The molecule has 0 aliphatic heterocycles. The molecule has 0 aliphatic rings. The molecule has 1 aromatic heterocycles. The van der Waals surface area contributed by atoms with E-state index in [2.05, 4.69) is 10.2 Å². The number of ether oxygens (including phenoxy) is 1. The molecule has 22 heavy (non-hydrogen) atoms. The van der Waals surface area contributed by atoms with E-state index in [-0.39, 0.29) is 6.61 Å². The van der Waals surface area contributed by atoms with E-state index in [1.54, 1.807) is 30.3 Å². The summed E-state index contributed by atoms with van der Waals surface area (Å²) < 4.78 is 11.1. The van der Waals surface area contributed by atoms with Crippen LogP contribution in [0.1, 0.15) is 5.89 Å². The van der Waals surface area contributed by atoms with E-state index < -0.39 is 0 Å². The second-order valence-corrected chi connectivity index (χ2v) is 5.60. The van der Waals surface area contributed by atoms with Crippen LogP contribution in [0.3, 0.4) is 0 Å². The number of nitrogens with zero attached hydrogens (tertiary/aromatic N) is 2. The molecule has 0 saturated heterocycles. The van der Waals surface area contributed by atoms with Crippen LogP contribution >= 0.6 is 34.8 Å². The van der Waals surface area contributed by atoms with Crippen molar-refractivity contribution in [3.05, 3.63) is 63.4 Å². The van der Waals surface area contributed by atoms with Gasteiger partial charge in [0, 0.05) is 11.1 Å². The lowest BCUT2D eigenvalue weighted by Crippen LogP contribution is -1.96. The van der Waals surface area contributed by atoms with E-state index in [0.29, 0.717) is 38.2 Å². The maximum atomic E-state index is 6.09. The third-order valence-corrected chi connectivity index (χ3v) is 3.69. The van der Waals surface area contributed by atoms with Gasteiger partial charge in [-0.05, 0) is 24.3 Å². The lowest BCUT2D eigenvalue weighted by Gasteiger charge is -2.05. The number of rotatable bonds is 4. The predicted octanol–water partition coefficient (Wildman–Crippen LogP) is 5.28. The Kier molecular flexibility index (Phi) is 4.52. The van der Waals surface area contributed by atoms with Gasteiger partial charge in [0.25, 0.3) is 5.89 Å². The van der Waals surface area contributed by atoms with Crippen LogP contribution < -0.4 is 4.74 Å². The van der Waals surface area contributed by atoms with Crippen molar-refractivity contribution < 1.29 is 9.15 Å². The average molecular weight is 356 g/mol. The fraction of sp³-hybridized carbons (Fsp3) is 0.0667. The van der Waals surface area contributed by atoms with Gasteiger partial charge >= 0.3 is 0 Å². The molecule has 1 heterocycles. The first-order valence-corrected chi connectivity index (χ1v) is 7.42.